The van der Waals surface area contributed by atoms with Gasteiger partial charge in [0.25, 0.3) is 0 Å². The quantitative estimate of drug-likeness (QED) is 0.878. The molecule has 1 aliphatic carbocycles. The van der Waals surface area contributed by atoms with E-state index in [4.69, 9.17) is 10.7 Å². The molecule has 0 spiro atoms. The first-order valence-corrected chi connectivity index (χ1v) is 6.87. The molecule has 0 aliphatic heterocycles. The minimum absolute atomic E-state index is 0.131. The van der Waals surface area contributed by atoms with Gasteiger partial charge >= 0.3 is 0 Å². The fourth-order valence-corrected chi connectivity index (χ4v) is 3.13. The van der Waals surface area contributed by atoms with Crippen molar-refractivity contribution in [1.82, 2.24) is 4.98 Å². The monoisotopic (exact) mass is 244 g/mol. The SMILES string of the molecule is Cc1ccc(-c2csc(C3(N)CCC3)n2)cc1. The summed E-state index contributed by atoms with van der Waals surface area (Å²) >= 11 is 1.70. The van der Waals surface area contributed by atoms with Crippen LogP contribution in [-0.4, -0.2) is 4.98 Å². The van der Waals surface area contributed by atoms with Gasteiger partial charge in [0.1, 0.15) is 5.01 Å². The Labute approximate surface area is 106 Å². The molecule has 0 radical (unpaired) electrons. The molecule has 1 aliphatic rings. The van der Waals surface area contributed by atoms with Crippen LogP contribution in [0.3, 0.4) is 0 Å². The minimum Gasteiger partial charge on any atom is -0.319 e. The Morgan fingerprint density at radius 2 is 1.94 bits per heavy atom. The van der Waals surface area contributed by atoms with Crippen molar-refractivity contribution in [2.75, 3.05) is 0 Å². The van der Waals surface area contributed by atoms with Crippen LogP contribution in [0.25, 0.3) is 11.3 Å². The lowest BCUT2D eigenvalue weighted by Crippen LogP contribution is -2.43. The molecule has 2 aromatic rings. The van der Waals surface area contributed by atoms with Crippen LogP contribution in [0.1, 0.15) is 29.8 Å². The summed E-state index contributed by atoms with van der Waals surface area (Å²) in [6, 6.07) is 8.49. The second-order valence-electron chi connectivity index (χ2n) is 4.91. The molecular weight excluding hydrogens is 228 g/mol. The smallest absolute Gasteiger partial charge is 0.113 e. The van der Waals surface area contributed by atoms with E-state index in [0.29, 0.717) is 0 Å². The molecule has 2 N–H and O–H groups in total. The van der Waals surface area contributed by atoms with Crippen molar-refractivity contribution in [3.05, 3.63) is 40.2 Å². The van der Waals surface area contributed by atoms with Crippen LogP contribution in [0.2, 0.25) is 0 Å². The number of benzene rings is 1. The van der Waals surface area contributed by atoms with E-state index in [0.717, 1.165) is 23.5 Å². The lowest BCUT2D eigenvalue weighted by Gasteiger charge is -2.35. The predicted molar refractivity (Wildman–Crippen MR) is 72.0 cm³/mol. The number of aryl methyl sites for hydroxylation is 1. The summed E-state index contributed by atoms with van der Waals surface area (Å²) in [5.74, 6) is 0. The van der Waals surface area contributed by atoms with Crippen LogP contribution in [0.4, 0.5) is 0 Å². The number of nitrogens with two attached hydrogens (primary N) is 1. The van der Waals surface area contributed by atoms with Gasteiger partial charge in [-0.05, 0) is 26.2 Å². The van der Waals surface area contributed by atoms with Crippen molar-refractivity contribution < 1.29 is 0 Å². The summed E-state index contributed by atoms with van der Waals surface area (Å²) in [5, 5.41) is 3.21. The molecule has 2 nitrogen and oxygen atoms in total. The zero-order valence-corrected chi connectivity index (χ0v) is 10.8. The third kappa shape index (κ3) is 1.90. The molecule has 17 heavy (non-hydrogen) atoms. The molecule has 1 aromatic heterocycles. The first kappa shape index (κ1) is 10.9. The van der Waals surface area contributed by atoms with E-state index in [-0.39, 0.29) is 5.54 Å². The third-order valence-electron chi connectivity index (χ3n) is 3.52. The van der Waals surface area contributed by atoms with Crippen molar-refractivity contribution in [3.63, 3.8) is 0 Å². The van der Waals surface area contributed by atoms with Gasteiger partial charge in [-0.1, -0.05) is 29.8 Å². The fourth-order valence-electron chi connectivity index (χ4n) is 2.13. The number of hydrogen-bond donors (Lipinski definition) is 1. The Morgan fingerprint density at radius 1 is 1.24 bits per heavy atom. The normalized spacial score (nSPS) is 17.8. The van der Waals surface area contributed by atoms with Gasteiger partial charge < -0.3 is 5.73 Å². The summed E-state index contributed by atoms with van der Waals surface area (Å²) < 4.78 is 0. The molecule has 1 fully saturated rings. The van der Waals surface area contributed by atoms with E-state index < -0.39 is 0 Å². The first-order valence-electron chi connectivity index (χ1n) is 5.99. The summed E-state index contributed by atoms with van der Waals surface area (Å²) in [4.78, 5) is 4.70. The Kier molecular flexibility index (Phi) is 2.53. The van der Waals surface area contributed by atoms with Gasteiger partial charge in [-0.3, -0.25) is 0 Å². The van der Waals surface area contributed by atoms with Crippen LogP contribution in [0.5, 0.6) is 0 Å². The van der Waals surface area contributed by atoms with Crippen LogP contribution in [0.15, 0.2) is 29.6 Å². The van der Waals surface area contributed by atoms with Crippen LogP contribution < -0.4 is 5.73 Å². The molecule has 3 rings (SSSR count). The highest BCUT2D eigenvalue weighted by Gasteiger charge is 2.37. The minimum atomic E-state index is -0.131. The first-order chi connectivity index (χ1) is 8.17. The van der Waals surface area contributed by atoms with Crippen molar-refractivity contribution in [2.24, 2.45) is 5.73 Å². The molecule has 88 valence electrons. The van der Waals surface area contributed by atoms with Gasteiger partial charge in [0.05, 0.1) is 11.2 Å². The number of nitrogens with zero attached hydrogens (tertiary/aromatic N) is 1. The lowest BCUT2D eigenvalue weighted by atomic mass is 9.78. The van der Waals surface area contributed by atoms with Gasteiger partial charge in [0, 0.05) is 10.9 Å². The van der Waals surface area contributed by atoms with E-state index in [9.17, 15) is 0 Å². The maximum Gasteiger partial charge on any atom is 0.113 e. The van der Waals surface area contributed by atoms with E-state index >= 15 is 0 Å². The molecule has 0 atom stereocenters. The van der Waals surface area contributed by atoms with E-state index in [1.165, 1.54) is 17.5 Å². The van der Waals surface area contributed by atoms with Crippen LogP contribution >= 0.6 is 11.3 Å². The number of hydrogen-bond acceptors (Lipinski definition) is 3. The standard InChI is InChI=1S/C14H16N2S/c1-10-3-5-11(6-4-10)12-9-17-13(16-12)14(15)7-2-8-14/h3-6,9H,2,7-8,15H2,1H3. The highest BCUT2D eigenvalue weighted by atomic mass is 32.1. The zero-order chi connectivity index (χ0) is 11.9. The molecule has 0 amide bonds. The van der Waals surface area contributed by atoms with Gasteiger partial charge in [0.2, 0.25) is 0 Å². The number of thiazole rings is 1. The molecule has 0 bridgehead atoms. The summed E-state index contributed by atoms with van der Waals surface area (Å²) in [6.07, 6.45) is 3.39. The number of rotatable bonds is 2. The average Bonchev–Trinajstić information content (AvgIpc) is 2.76. The second-order valence-corrected chi connectivity index (χ2v) is 5.77. The van der Waals surface area contributed by atoms with Crippen molar-refractivity contribution in [3.8, 4) is 11.3 Å². The average molecular weight is 244 g/mol. The summed E-state index contributed by atoms with van der Waals surface area (Å²) in [5.41, 5.74) is 9.67. The maximum atomic E-state index is 6.29. The van der Waals surface area contributed by atoms with E-state index in [2.05, 4.69) is 36.6 Å². The largest absolute Gasteiger partial charge is 0.319 e. The highest BCUT2D eigenvalue weighted by molar-refractivity contribution is 7.10. The van der Waals surface area contributed by atoms with E-state index in [1.807, 2.05) is 0 Å². The van der Waals surface area contributed by atoms with Gasteiger partial charge in [-0.2, -0.15) is 0 Å². The zero-order valence-electron chi connectivity index (χ0n) is 9.94. The topological polar surface area (TPSA) is 38.9 Å². The van der Waals surface area contributed by atoms with Crippen molar-refractivity contribution in [2.45, 2.75) is 31.7 Å². The molecule has 1 saturated carbocycles. The van der Waals surface area contributed by atoms with E-state index in [1.54, 1.807) is 11.3 Å². The summed E-state index contributed by atoms with van der Waals surface area (Å²) in [7, 11) is 0. The maximum absolute atomic E-state index is 6.29. The fraction of sp³-hybridized carbons (Fsp3) is 0.357. The van der Waals surface area contributed by atoms with Crippen molar-refractivity contribution >= 4 is 11.3 Å². The Bertz CT molecular complexity index is 523. The molecule has 0 saturated heterocycles. The Morgan fingerprint density at radius 3 is 2.53 bits per heavy atom. The molecular formula is C14H16N2S. The lowest BCUT2D eigenvalue weighted by molar-refractivity contribution is 0.253. The predicted octanol–water partition coefficient (Wildman–Crippen LogP) is 3.46. The van der Waals surface area contributed by atoms with Crippen LogP contribution in [0, 0.1) is 6.92 Å². The summed E-state index contributed by atoms with van der Waals surface area (Å²) in [6.45, 7) is 2.10. The molecule has 1 aromatic carbocycles. The number of aromatic nitrogens is 1. The van der Waals surface area contributed by atoms with Gasteiger partial charge in [0.15, 0.2) is 0 Å². The van der Waals surface area contributed by atoms with Gasteiger partial charge in [-0.15, -0.1) is 11.3 Å². The highest BCUT2D eigenvalue weighted by Crippen LogP contribution is 2.41. The molecule has 3 heteroatoms. The Balaban J connectivity index is 1.92. The molecule has 1 heterocycles. The third-order valence-corrected chi connectivity index (χ3v) is 4.59. The van der Waals surface area contributed by atoms with Crippen LogP contribution in [-0.2, 0) is 5.54 Å². The van der Waals surface area contributed by atoms with Gasteiger partial charge in [-0.25, -0.2) is 4.98 Å². The Hall–Kier alpha value is -1.19. The molecule has 0 unspecified atom stereocenters. The second kappa shape index (κ2) is 3.93. The van der Waals surface area contributed by atoms with Crippen molar-refractivity contribution in [1.29, 1.82) is 0 Å².